The van der Waals surface area contributed by atoms with Gasteiger partial charge < -0.3 is 5.32 Å². The number of nitrogens with zero attached hydrogens (tertiary/aromatic N) is 2. The summed E-state index contributed by atoms with van der Waals surface area (Å²) < 4.78 is 16.9. The molecule has 5 heteroatoms. The zero-order valence-electron chi connectivity index (χ0n) is 14.2. The number of hydrogen-bond donors (Lipinski definition) is 1. The molecule has 0 spiro atoms. The number of benzene rings is 1. The Morgan fingerprint density at radius 3 is 2.76 bits per heavy atom. The summed E-state index contributed by atoms with van der Waals surface area (Å²) >= 11 is 6.36. The molecule has 1 aliphatic carbocycles. The fourth-order valence-corrected chi connectivity index (χ4v) is 3.86. The molecule has 25 heavy (non-hydrogen) atoms. The van der Waals surface area contributed by atoms with Gasteiger partial charge in [0.05, 0.1) is 10.6 Å². The van der Waals surface area contributed by atoms with Crippen LogP contribution in [0.3, 0.4) is 0 Å². The molecule has 130 valence electrons. The standard InChI is InChI=1S/C20H21ClFN3/c1-13-10-11-15(21)17(18(13)22)19-20(23-14-7-3-2-4-8-14)25-12-6-5-9-16(25)24-19/h5-6,9-12,14,23H,2-4,7-8H2,1H3. The van der Waals surface area contributed by atoms with Gasteiger partial charge in [0.15, 0.2) is 0 Å². The number of nitrogens with one attached hydrogen (secondary N) is 1. The molecule has 1 aromatic carbocycles. The second-order valence-corrected chi connectivity index (χ2v) is 7.18. The lowest BCUT2D eigenvalue weighted by atomic mass is 9.95. The van der Waals surface area contributed by atoms with Crippen molar-refractivity contribution in [1.29, 1.82) is 0 Å². The van der Waals surface area contributed by atoms with E-state index in [-0.39, 0.29) is 5.82 Å². The minimum Gasteiger partial charge on any atom is -0.367 e. The van der Waals surface area contributed by atoms with Crippen LogP contribution in [-0.4, -0.2) is 15.4 Å². The van der Waals surface area contributed by atoms with Gasteiger partial charge in [0.25, 0.3) is 0 Å². The van der Waals surface area contributed by atoms with E-state index in [1.807, 2.05) is 28.8 Å². The Hall–Kier alpha value is -2.07. The molecule has 0 radical (unpaired) electrons. The first kappa shape index (κ1) is 16.4. The van der Waals surface area contributed by atoms with E-state index in [2.05, 4.69) is 10.3 Å². The molecule has 2 heterocycles. The van der Waals surface area contributed by atoms with Crippen LogP contribution in [0.1, 0.15) is 37.7 Å². The summed E-state index contributed by atoms with van der Waals surface area (Å²) in [6.45, 7) is 1.75. The molecule has 2 aromatic heterocycles. The lowest BCUT2D eigenvalue weighted by Gasteiger charge is -2.24. The van der Waals surface area contributed by atoms with Crippen LogP contribution in [0.4, 0.5) is 10.2 Å². The van der Waals surface area contributed by atoms with Crippen molar-refractivity contribution in [3.63, 3.8) is 0 Å². The van der Waals surface area contributed by atoms with Gasteiger partial charge in [-0.3, -0.25) is 4.40 Å². The Morgan fingerprint density at radius 2 is 1.96 bits per heavy atom. The quantitative estimate of drug-likeness (QED) is 0.637. The molecule has 3 nitrogen and oxygen atoms in total. The van der Waals surface area contributed by atoms with Crippen LogP contribution in [0.5, 0.6) is 0 Å². The molecule has 0 unspecified atom stereocenters. The molecule has 0 atom stereocenters. The van der Waals surface area contributed by atoms with Crippen LogP contribution >= 0.6 is 11.6 Å². The Labute approximate surface area is 151 Å². The Bertz CT molecular complexity index is 913. The number of rotatable bonds is 3. The van der Waals surface area contributed by atoms with Gasteiger partial charge in [-0.2, -0.15) is 0 Å². The average Bonchev–Trinajstić information content (AvgIpc) is 2.98. The molecule has 0 aliphatic heterocycles. The van der Waals surface area contributed by atoms with E-state index in [9.17, 15) is 4.39 Å². The van der Waals surface area contributed by atoms with Crippen LogP contribution in [0.15, 0.2) is 36.5 Å². The molecule has 1 fully saturated rings. The van der Waals surface area contributed by atoms with Crippen molar-refractivity contribution >= 4 is 23.1 Å². The number of anilines is 1. The molecule has 3 aromatic rings. The van der Waals surface area contributed by atoms with Crippen LogP contribution < -0.4 is 5.32 Å². The van der Waals surface area contributed by atoms with Crippen molar-refractivity contribution in [3.8, 4) is 11.3 Å². The summed E-state index contributed by atoms with van der Waals surface area (Å²) in [5.74, 6) is 0.525. The van der Waals surface area contributed by atoms with Gasteiger partial charge in [0.2, 0.25) is 0 Å². The molecule has 0 amide bonds. The normalized spacial score (nSPS) is 15.6. The molecule has 1 saturated carbocycles. The van der Waals surface area contributed by atoms with E-state index in [0.717, 1.165) is 24.3 Å². The summed E-state index contributed by atoms with van der Waals surface area (Å²) in [5, 5.41) is 4.01. The smallest absolute Gasteiger partial charge is 0.139 e. The van der Waals surface area contributed by atoms with Crippen LogP contribution in [0, 0.1) is 12.7 Å². The predicted octanol–water partition coefficient (Wildman–Crippen LogP) is 5.85. The third-order valence-electron chi connectivity index (χ3n) is 5.00. The Kier molecular flexibility index (Phi) is 4.38. The van der Waals surface area contributed by atoms with Crippen molar-refractivity contribution in [1.82, 2.24) is 9.38 Å². The van der Waals surface area contributed by atoms with Gasteiger partial charge in [-0.1, -0.05) is 43.0 Å². The molecule has 0 bridgehead atoms. The van der Waals surface area contributed by atoms with Gasteiger partial charge in [-0.25, -0.2) is 9.37 Å². The Balaban J connectivity index is 1.89. The van der Waals surface area contributed by atoms with Crippen molar-refractivity contribution < 1.29 is 4.39 Å². The number of imidazole rings is 1. The molecular formula is C20H21ClFN3. The SMILES string of the molecule is Cc1ccc(Cl)c(-c2nc3ccccn3c2NC2CCCCC2)c1F. The van der Waals surface area contributed by atoms with E-state index >= 15 is 0 Å². The van der Waals surface area contributed by atoms with Crippen molar-refractivity contribution in [2.75, 3.05) is 5.32 Å². The maximum Gasteiger partial charge on any atom is 0.139 e. The topological polar surface area (TPSA) is 29.3 Å². The predicted molar refractivity (Wildman–Crippen MR) is 101 cm³/mol. The number of aromatic nitrogens is 2. The lowest BCUT2D eigenvalue weighted by molar-refractivity contribution is 0.461. The second kappa shape index (κ2) is 6.68. The first-order valence-electron chi connectivity index (χ1n) is 8.84. The van der Waals surface area contributed by atoms with Crippen LogP contribution in [-0.2, 0) is 0 Å². The number of halogens is 2. The molecule has 1 aliphatic rings. The van der Waals surface area contributed by atoms with Gasteiger partial charge in [-0.05, 0) is 43.5 Å². The maximum absolute atomic E-state index is 14.9. The van der Waals surface area contributed by atoms with Gasteiger partial charge >= 0.3 is 0 Å². The van der Waals surface area contributed by atoms with E-state index in [4.69, 9.17) is 11.6 Å². The highest BCUT2D eigenvalue weighted by Crippen LogP contribution is 2.37. The summed E-state index contributed by atoms with van der Waals surface area (Å²) in [7, 11) is 0. The van der Waals surface area contributed by atoms with E-state index < -0.39 is 0 Å². The summed E-state index contributed by atoms with van der Waals surface area (Å²) in [5.41, 5.74) is 2.32. The van der Waals surface area contributed by atoms with E-state index in [0.29, 0.717) is 27.9 Å². The monoisotopic (exact) mass is 357 g/mol. The molecule has 4 rings (SSSR count). The highest BCUT2D eigenvalue weighted by molar-refractivity contribution is 6.33. The highest BCUT2D eigenvalue weighted by Gasteiger charge is 2.23. The fraction of sp³-hybridized carbons (Fsp3) is 0.350. The molecule has 1 N–H and O–H groups in total. The lowest BCUT2D eigenvalue weighted by Crippen LogP contribution is -2.23. The molecule has 0 saturated heterocycles. The minimum absolute atomic E-state index is 0.303. The summed E-state index contributed by atoms with van der Waals surface area (Å²) in [6, 6.07) is 9.65. The van der Waals surface area contributed by atoms with E-state index in [1.54, 1.807) is 19.1 Å². The summed E-state index contributed by atoms with van der Waals surface area (Å²) in [4.78, 5) is 4.69. The van der Waals surface area contributed by atoms with Crippen LogP contribution in [0.2, 0.25) is 5.02 Å². The summed E-state index contributed by atoms with van der Waals surface area (Å²) in [6.07, 6.45) is 7.95. The van der Waals surface area contributed by atoms with Crippen LogP contribution in [0.25, 0.3) is 16.9 Å². The van der Waals surface area contributed by atoms with Gasteiger partial charge in [-0.15, -0.1) is 0 Å². The first-order valence-corrected chi connectivity index (χ1v) is 9.21. The minimum atomic E-state index is -0.303. The first-order chi connectivity index (χ1) is 12.1. The number of pyridine rings is 1. The fourth-order valence-electron chi connectivity index (χ4n) is 3.62. The van der Waals surface area contributed by atoms with Crippen molar-refractivity contribution in [2.24, 2.45) is 0 Å². The van der Waals surface area contributed by atoms with Crippen molar-refractivity contribution in [2.45, 2.75) is 45.1 Å². The third kappa shape index (κ3) is 2.99. The number of aryl methyl sites for hydroxylation is 1. The Morgan fingerprint density at radius 1 is 1.16 bits per heavy atom. The largest absolute Gasteiger partial charge is 0.367 e. The van der Waals surface area contributed by atoms with E-state index in [1.165, 1.54) is 19.3 Å². The highest BCUT2D eigenvalue weighted by atomic mass is 35.5. The zero-order chi connectivity index (χ0) is 17.4. The average molecular weight is 358 g/mol. The zero-order valence-corrected chi connectivity index (χ0v) is 15.0. The van der Waals surface area contributed by atoms with Crippen molar-refractivity contribution in [3.05, 3.63) is 52.9 Å². The number of hydrogen-bond acceptors (Lipinski definition) is 2. The third-order valence-corrected chi connectivity index (χ3v) is 5.31. The maximum atomic E-state index is 14.9. The molecular weight excluding hydrogens is 337 g/mol. The van der Waals surface area contributed by atoms with Gasteiger partial charge in [0, 0.05) is 12.2 Å². The second-order valence-electron chi connectivity index (χ2n) is 6.77. The van der Waals surface area contributed by atoms with Gasteiger partial charge in [0.1, 0.15) is 23.0 Å². The number of fused-ring (bicyclic) bond motifs is 1.